The summed E-state index contributed by atoms with van der Waals surface area (Å²) in [7, 11) is 0. The van der Waals surface area contributed by atoms with Crippen LogP contribution in [0.1, 0.15) is 31.1 Å². The molecule has 6 heteroatoms. The Morgan fingerprint density at radius 1 is 1.18 bits per heavy atom. The maximum atomic E-state index is 11.8. The summed E-state index contributed by atoms with van der Waals surface area (Å²) < 4.78 is 5.16. The van der Waals surface area contributed by atoms with E-state index < -0.39 is 17.7 Å². The summed E-state index contributed by atoms with van der Waals surface area (Å²) in [4.78, 5) is 23.4. The molecule has 0 saturated heterocycles. The predicted octanol–water partition coefficient (Wildman–Crippen LogP) is 4.46. The number of benzene rings is 1. The van der Waals surface area contributed by atoms with E-state index >= 15 is 0 Å². The molecule has 0 radical (unpaired) electrons. The fraction of sp³-hybridized carbons (Fsp3) is 0.250. The zero-order chi connectivity index (χ0) is 16.3. The molecule has 5 nitrogen and oxygen atoms in total. The number of carboxylic acids is 1. The Kier molecular flexibility index (Phi) is 4.51. The Balaban J connectivity index is 2.32. The van der Waals surface area contributed by atoms with Crippen LogP contribution in [-0.2, 0) is 4.74 Å². The summed E-state index contributed by atoms with van der Waals surface area (Å²) in [5, 5.41) is 14.0. The molecule has 0 saturated carbocycles. The highest BCUT2D eigenvalue weighted by Gasteiger charge is 2.23. The lowest BCUT2D eigenvalue weighted by Gasteiger charge is -2.19. The first-order chi connectivity index (χ1) is 10.3. The smallest absolute Gasteiger partial charge is 0.412 e. The lowest BCUT2D eigenvalue weighted by Crippen LogP contribution is -2.27. The number of carboxylic acid groups (broad SMARTS) is 1. The molecule has 0 aliphatic carbocycles. The van der Waals surface area contributed by atoms with Gasteiger partial charge in [0.2, 0.25) is 0 Å². The molecule has 22 heavy (non-hydrogen) atoms. The van der Waals surface area contributed by atoms with Gasteiger partial charge in [-0.05, 0) is 26.3 Å². The molecule has 0 aliphatic heterocycles. The summed E-state index contributed by atoms with van der Waals surface area (Å²) in [5.74, 6) is -1.09. The number of hydrogen-bond donors (Lipinski definition) is 2. The zero-order valence-electron chi connectivity index (χ0n) is 12.5. The SMILES string of the molecule is CC(C)(C)OC(=O)Nc1scc(-c2ccccc2)c1C(=O)O. The lowest BCUT2D eigenvalue weighted by atomic mass is 10.0. The Labute approximate surface area is 132 Å². The molecule has 1 aromatic heterocycles. The Bertz CT molecular complexity index is 686. The third-order valence-electron chi connectivity index (χ3n) is 2.70. The lowest BCUT2D eigenvalue weighted by molar-refractivity contribution is 0.0636. The number of nitrogens with one attached hydrogen (secondary N) is 1. The third-order valence-corrected chi connectivity index (χ3v) is 3.60. The van der Waals surface area contributed by atoms with Gasteiger partial charge >= 0.3 is 12.1 Å². The van der Waals surface area contributed by atoms with Crippen LogP contribution in [0.25, 0.3) is 11.1 Å². The van der Waals surface area contributed by atoms with E-state index in [4.69, 9.17) is 4.74 Å². The fourth-order valence-electron chi connectivity index (χ4n) is 1.89. The molecule has 0 fully saturated rings. The minimum absolute atomic E-state index is 0.0714. The molecule has 2 aromatic rings. The van der Waals surface area contributed by atoms with Crippen LogP contribution in [0.5, 0.6) is 0 Å². The van der Waals surface area contributed by atoms with E-state index in [1.54, 1.807) is 26.2 Å². The molecule has 2 rings (SSSR count). The summed E-state index contributed by atoms with van der Waals surface area (Å²) in [6, 6.07) is 9.17. The highest BCUT2D eigenvalue weighted by Crippen LogP contribution is 2.35. The Hall–Kier alpha value is -2.34. The molecule has 1 aromatic carbocycles. The number of amides is 1. The number of rotatable bonds is 3. The second-order valence-corrected chi connectivity index (χ2v) is 6.53. The highest BCUT2D eigenvalue weighted by molar-refractivity contribution is 7.15. The second-order valence-electron chi connectivity index (χ2n) is 5.65. The van der Waals surface area contributed by atoms with Gasteiger partial charge in [-0.25, -0.2) is 9.59 Å². The fourth-order valence-corrected chi connectivity index (χ4v) is 2.84. The second kappa shape index (κ2) is 6.19. The maximum absolute atomic E-state index is 11.8. The topological polar surface area (TPSA) is 75.6 Å². The van der Waals surface area contributed by atoms with E-state index in [1.807, 2.05) is 30.3 Å². The van der Waals surface area contributed by atoms with Gasteiger partial charge in [0, 0.05) is 10.9 Å². The van der Waals surface area contributed by atoms with Gasteiger partial charge in [0.1, 0.15) is 16.2 Å². The molecule has 0 aliphatic rings. The van der Waals surface area contributed by atoms with E-state index in [0.29, 0.717) is 5.56 Å². The van der Waals surface area contributed by atoms with Crippen LogP contribution in [0.4, 0.5) is 9.80 Å². The minimum Gasteiger partial charge on any atom is -0.478 e. The van der Waals surface area contributed by atoms with Crippen LogP contribution in [0.2, 0.25) is 0 Å². The van der Waals surface area contributed by atoms with Gasteiger partial charge in [-0.1, -0.05) is 30.3 Å². The van der Waals surface area contributed by atoms with Gasteiger partial charge in [-0.2, -0.15) is 0 Å². The maximum Gasteiger partial charge on any atom is 0.412 e. The van der Waals surface area contributed by atoms with Crippen molar-refractivity contribution in [3.8, 4) is 11.1 Å². The average molecular weight is 319 g/mol. The summed E-state index contributed by atoms with van der Waals surface area (Å²) in [6.07, 6.45) is -0.670. The normalized spacial score (nSPS) is 11.0. The molecule has 0 bridgehead atoms. The molecule has 1 heterocycles. The molecule has 0 atom stereocenters. The van der Waals surface area contributed by atoms with Gasteiger partial charge in [0.05, 0.1) is 0 Å². The number of hydrogen-bond acceptors (Lipinski definition) is 4. The van der Waals surface area contributed by atoms with E-state index in [9.17, 15) is 14.7 Å². The van der Waals surface area contributed by atoms with Crippen LogP contribution in [0.3, 0.4) is 0 Å². The molecular formula is C16H17NO4S. The van der Waals surface area contributed by atoms with Crippen LogP contribution < -0.4 is 5.32 Å². The van der Waals surface area contributed by atoms with Crippen LogP contribution in [-0.4, -0.2) is 22.8 Å². The van der Waals surface area contributed by atoms with Gasteiger partial charge < -0.3 is 9.84 Å². The third kappa shape index (κ3) is 3.85. The van der Waals surface area contributed by atoms with Crippen molar-refractivity contribution in [1.82, 2.24) is 0 Å². The summed E-state index contributed by atoms with van der Waals surface area (Å²) in [6.45, 7) is 5.23. The van der Waals surface area contributed by atoms with Crippen molar-refractivity contribution in [2.75, 3.05) is 5.32 Å². The van der Waals surface area contributed by atoms with Crippen molar-refractivity contribution in [1.29, 1.82) is 0 Å². The molecule has 0 unspecified atom stereocenters. The number of anilines is 1. The first kappa shape index (κ1) is 16.0. The highest BCUT2D eigenvalue weighted by atomic mass is 32.1. The molecule has 1 amide bonds. The molecule has 116 valence electrons. The minimum atomic E-state index is -1.09. The first-order valence-corrected chi connectivity index (χ1v) is 7.56. The summed E-state index contributed by atoms with van der Waals surface area (Å²) in [5.41, 5.74) is 0.784. The number of carbonyl (C=O) groups excluding carboxylic acids is 1. The number of aromatic carboxylic acids is 1. The number of thiophene rings is 1. The summed E-state index contributed by atoms with van der Waals surface area (Å²) >= 11 is 1.16. The van der Waals surface area contributed by atoms with E-state index in [2.05, 4.69) is 5.32 Å². The predicted molar refractivity (Wildman–Crippen MR) is 86.6 cm³/mol. The first-order valence-electron chi connectivity index (χ1n) is 6.68. The quantitative estimate of drug-likeness (QED) is 0.875. The van der Waals surface area contributed by atoms with Crippen molar-refractivity contribution in [2.45, 2.75) is 26.4 Å². The molecule has 0 spiro atoms. The van der Waals surface area contributed by atoms with Gasteiger partial charge in [-0.3, -0.25) is 5.32 Å². The van der Waals surface area contributed by atoms with Gasteiger partial charge in [0.25, 0.3) is 0 Å². The van der Waals surface area contributed by atoms with Crippen molar-refractivity contribution in [2.24, 2.45) is 0 Å². The van der Waals surface area contributed by atoms with Crippen LogP contribution in [0, 0.1) is 0 Å². The molecular weight excluding hydrogens is 302 g/mol. The standard InChI is InChI=1S/C16H17NO4S/c1-16(2,3)21-15(20)17-13-12(14(18)19)11(9-22-13)10-7-5-4-6-8-10/h4-9H,1-3H3,(H,17,20)(H,18,19). The average Bonchev–Trinajstić information content (AvgIpc) is 2.81. The monoisotopic (exact) mass is 319 g/mol. The zero-order valence-corrected chi connectivity index (χ0v) is 13.4. The molecule has 2 N–H and O–H groups in total. The number of carbonyl (C=O) groups is 2. The van der Waals surface area contributed by atoms with Crippen molar-refractivity contribution < 1.29 is 19.4 Å². The van der Waals surface area contributed by atoms with Crippen LogP contribution >= 0.6 is 11.3 Å². The van der Waals surface area contributed by atoms with E-state index in [1.165, 1.54) is 0 Å². The van der Waals surface area contributed by atoms with Gasteiger partial charge in [-0.15, -0.1) is 11.3 Å². The van der Waals surface area contributed by atoms with Crippen molar-refractivity contribution >= 4 is 28.4 Å². The van der Waals surface area contributed by atoms with E-state index in [-0.39, 0.29) is 10.6 Å². The van der Waals surface area contributed by atoms with E-state index in [0.717, 1.165) is 16.9 Å². The Morgan fingerprint density at radius 2 is 1.82 bits per heavy atom. The number of ether oxygens (including phenoxy) is 1. The van der Waals surface area contributed by atoms with Crippen LogP contribution in [0.15, 0.2) is 35.7 Å². The largest absolute Gasteiger partial charge is 0.478 e. The van der Waals surface area contributed by atoms with Crippen molar-refractivity contribution in [3.63, 3.8) is 0 Å². The Morgan fingerprint density at radius 3 is 2.36 bits per heavy atom. The van der Waals surface area contributed by atoms with Crippen molar-refractivity contribution in [3.05, 3.63) is 41.3 Å². The van der Waals surface area contributed by atoms with Gasteiger partial charge in [0.15, 0.2) is 0 Å².